The summed E-state index contributed by atoms with van der Waals surface area (Å²) in [4.78, 5) is 13.6. The van der Waals surface area contributed by atoms with E-state index in [1.165, 1.54) is 0 Å². The summed E-state index contributed by atoms with van der Waals surface area (Å²) in [5.74, 6) is 0.469. The number of anilines is 1. The van der Waals surface area contributed by atoms with E-state index in [1.54, 1.807) is 47.0 Å². The number of aromatic nitrogens is 4. The molecule has 1 aliphatic carbocycles. The largest absolute Gasteiger partial charge is 0.307 e. The van der Waals surface area contributed by atoms with Gasteiger partial charge in [0.15, 0.2) is 15.7 Å². The lowest BCUT2D eigenvalue weighted by atomic mass is 10.00. The topological polar surface area (TPSA) is 123 Å². The maximum atomic E-state index is 13.3. The van der Waals surface area contributed by atoms with Crippen molar-refractivity contribution in [1.29, 1.82) is 0 Å². The molecule has 164 valence electrons. The molecule has 0 bridgehead atoms. The molecule has 2 aliphatic rings. The predicted molar refractivity (Wildman–Crippen MR) is 115 cm³/mol. The molecule has 5 rings (SSSR count). The molecule has 2 fully saturated rings. The van der Waals surface area contributed by atoms with E-state index in [9.17, 15) is 13.2 Å². The van der Waals surface area contributed by atoms with Gasteiger partial charge >= 0.3 is 0 Å². The molecule has 3 aromatic rings. The molecular weight excluding hydrogens is 418 g/mol. The molecule has 0 unspecified atom stereocenters. The summed E-state index contributed by atoms with van der Waals surface area (Å²) in [6.45, 7) is 1.49. The van der Waals surface area contributed by atoms with E-state index >= 15 is 0 Å². The fraction of sp³-hybridized carbons (Fsp3) is 0.450. The van der Waals surface area contributed by atoms with Crippen LogP contribution >= 0.6 is 0 Å². The van der Waals surface area contributed by atoms with Crippen molar-refractivity contribution in [3.05, 3.63) is 36.7 Å². The summed E-state index contributed by atoms with van der Waals surface area (Å²) in [6, 6.07) is 6.30. The monoisotopic (exact) mass is 443 g/mol. The van der Waals surface area contributed by atoms with Crippen LogP contribution in [0.4, 0.5) is 5.82 Å². The Labute approximate surface area is 179 Å². The Hall–Kier alpha value is -2.76. The van der Waals surface area contributed by atoms with Crippen LogP contribution < -0.4 is 16.2 Å². The van der Waals surface area contributed by atoms with Crippen LogP contribution in [0.25, 0.3) is 10.9 Å². The minimum Gasteiger partial charge on any atom is -0.307 e. The third-order valence-corrected chi connectivity index (χ3v) is 8.21. The number of hydrogen-bond donors (Lipinski definition) is 3. The number of sulfone groups is 1. The highest BCUT2D eigenvalue weighted by Crippen LogP contribution is 2.37. The fourth-order valence-electron chi connectivity index (χ4n) is 4.10. The standard InChI is InChI=1S/C20H25N7O3S/c1-26-8-7-19(25-26)24-20(28)17(9-13-10-21-22-11-13)27-16-3-2-4-18(15(16)12-23-27)31(29,30)14-5-6-14/h2-4,7-8,12-14,17,21-22H,5-6,9-11H2,1H3,(H,24,25,28)/t17-/m0/s1. The molecule has 3 heterocycles. The Balaban J connectivity index is 1.53. The zero-order valence-electron chi connectivity index (χ0n) is 17.2. The Morgan fingerprint density at radius 1 is 1.26 bits per heavy atom. The number of rotatable bonds is 7. The molecular formula is C20H25N7O3S. The van der Waals surface area contributed by atoms with Crippen LogP contribution in [0.2, 0.25) is 0 Å². The first-order valence-electron chi connectivity index (χ1n) is 10.4. The molecule has 1 aliphatic heterocycles. The van der Waals surface area contributed by atoms with E-state index in [0.29, 0.717) is 40.9 Å². The molecule has 1 aromatic carbocycles. The van der Waals surface area contributed by atoms with Crippen LogP contribution in [0.5, 0.6) is 0 Å². The molecule has 0 spiro atoms. The number of carbonyl (C=O) groups excluding carboxylic acids is 1. The maximum Gasteiger partial charge on any atom is 0.250 e. The highest BCUT2D eigenvalue weighted by molar-refractivity contribution is 7.92. The molecule has 3 N–H and O–H groups in total. The van der Waals surface area contributed by atoms with Crippen molar-refractivity contribution in [1.82, 2.24) is 30.4 Å². The number of benzene rings is 1. The smallest absolute Gasteiger partial charge is 0.250 e. The summed E-state index contributed by atoms with van der Waals surface area (Å²) in [6.07, 6.45) is 5.27. The predicted octanol–water partition coefficient (Wildman–Crippen LogP) is 1.000. The first kappa shape index (κ1) is 20.2. The van der Waals surface area contributed by atoms with Gasteiger partial charge in [0.05, 0.1) is 21.9 Å². The Bertz CT molecular complexity index is 1220. The van der Waals surface area contributed by atoms with Crippen molar-refractivity contribution in [2.45, 2.75) is 35.4 Å². The van der Waals surface area contributed by atoms with Crippen molar-refractivity contribution < 1.29 is 13.2 Å². The number of nitrogens with one attached hydrogen (secondary N) is 3. The van der Waals surface area contributed by atoms with Gasteiger partial charge in [0.25, 0.3) is 0 Å². The molecule has 1 saturated carbocycles. The third-order valence-electron chi connectivity index (χ3n) is 5.90. The summed E-state index contributed by atoms with van der Waals surface area (Å²) in [5.41, 5.74) is 6.83. The van der Waals surface area contributed by atoms with E-state index in [4.69, 9.17) is 0 Å². The summed E-state index contributed by atoms with van der Waals surface area (Å²) >= 11 is 0. The maximum absolute atomic E-state index is 13.3. The van der Waals surface area contributed by atoms with E-state index < -0.39 is 15.9 Å². The lowest BCUT2D eigenvalue weighted by Gasteiger charge is -2.20. The average molecular weight is 444 g/mol. The zero-order valence-corrected chi connectivity index (χ0v) is 18.0. The Kier molecular flexibility index (Phi) is 5.03. The van der Waals surface area contributed by atoms with Crippen LogP contribution in [0, 0.1) is 5.92 Å². The van der Waals surface area contributed by atoms with E-state index in [0.717, 1.165) is 13.1 Å². The SMILES string of the molecule is Cn1ccc(NC(=O)[C@H](CC2CNNC2)n2ncc3c(S(=O)(=O)C4CC4)cccc32)n1. The first-order valence-corrected chi connectivity index (χ1v) is 11.9. The third kappa shape index (κ3) is 3.84. The lowest BCUT2D eigenvalue weighted by Crippen LogP contribution is -2.30. The summed E-state index contributed by atoms with van der Waals surface area (Å²) < 4.78 is 29.1. The second kappa shape index (κ2) is 7.74. The van der Waals surface area contributed by atoms with Gasteiger partial charge in [-0.3, -0.25) is 25.0 Å². The number of amides is 1. The van der Waals surface area contributed by atoms with Gasteiger partial charge in [-0.25, -0.2) is 8.42 Å². The second-order valence-corrected chi connectivity index (χ2v) is 10.5. The molecule has 1 atom stereocenters. The van der Waals surface area contributed by atoms with Gasteiger partial charge in [0, 0.05) is 37.8 Å². The second-order valence-electron chi connectivity index (χ2n) is 8.27. The average Bonchev–Trinajstić information content (AvgIpc) is 3.13. The quantitative estimate of drug-likeness (QED) is 0.498. The molecule has 1 saturated heterocycles. The lowest BCUT2D eigenvalue weighted by molar-refractivity contribution is -0.119. The molecule has 0 radical (unpaired) electrons. The van der Waals surface area contributed by atoms with Crippen LogP contribution in [0.15, 0.2) is 41.6 Å². The van der Waals surface area contributed by atoms with Gasteiger partial charge in [-0.1, -0.05) is 6.07 Å². The van der Waals surface area contributed by atoms with Crippen LogP contribution in [0.1, 0.15) is 25.3 Å². The number of aryl methyl sites for hydroxylation is 1. The van der Waals surface area contributed by atoms with E-state index in [1.807, 2.05) is 6.07 Å². The minimum atomic E-state index is -3.38. The number of carbonyl (C=O) groups is 1. The van der Waals surface area contributed by atoms with E-state index in [-0.39, 0.29) is 17.1 Å². The molecule has 2 aromatic heterocycles. The van der Waals surface area contributed by atoms with Crippen molar-refractivity contribution in [3.63, 3.8) is 0 Å². The van der Waals surface area contributed by atoms with E-state index in [2.05, 4.69) is 26.4 Å². The highest BCUT2D eigenvalue weighted by atomic mass is 32.2. The number of hydrogen-bond acceptors (Lipinski definition) is 7. The molecule has 1 amide bonds. The normalized spacial score (nSPS) is 18.5. The van der Waals surface area contributed by atoms with Gasteiger partial charge in [-0.05, 0) is 37.3 Å². The number of fused-ring (bicyclic) bond motifs is 1. The summed E-state index contributed by atoms with van der Waals surface area (Å²) in [7, 11) is -1.60. The van der Waals surface area contributed by atoms with Gasteiger partial charge in [0.2, 0.25) is 5.91 Å². The Morgan fingerprint density at radius 2 is 2.03 bits per heavy atom. The zero-order chi connectivity index (χ0) is 21.6. The van der Waals surface area contributed by atoms with Gasteiger partial charge in [-0.15, -0.1) is 0 Å². The number of nitrogens with zero attached hydrogens (tertiary/aromatic N) is 4. The van der Waals surface area contributed by atoms with Crippen LogP contribution in [-0.2, 0) is 21.7 Å². The van der Waals surface area contributed by atoms with Crippen LogP contribution in [-0.4, -0.2) is 52.2 Å². The van der Waals surface area contributed by atoms with Crippen molar-refractivity contribution in [3.8, 4) is 0 Å². The first-order chi connectivity index (χ1) is 14.9. The Morgan fingerprint density at radius 3 is 2.71 bits per heavy atom. The van der Waals surface area contributed by atoms with Gasteiger partial charge in [0.1, 0.15) is 6.04 Å². The summed E-state index contributed by atoms with van der Waals surface area (Å²) in [5, 5.41) is 11.8. The molecule has 31 heavy (non-hydrogen) atoms. The van der Waals surface area contributed by atoms with Gasteiger partial charge < -0.3 is 5.32 Å². The highest BCUT2D eigenvalue weighted by Gasteiger charge is 2.38. The minimum absolute atomic E-state index is 0.231. The van der Waals surface area contributed by atoms with Crippen molar-refractivity contribution in [2.24, 2.45) is 13.0 Å². The van der Waals surface area contributed by atoms with Crippen LogP contribution in [0.3, 0.4) is 0 Å². The molecule has 10 nitrogen and oxygen atoms in total. The molecule has 11 heteroatoms. The van der Waals surface area contributed by atoms with Crippen molar-refractivity contribution in [2.75, 3.05) is 18.4 Å². The number of hydrazine groups is 1. The van der Waals surface area contributed by atoms with Crippen molar-refractivity contribution >= 4 is 32.5 Å². The fourth-order valence-corrected chi connectivity index (χ4v) is 5.94. The van der Waals surface area contributed by atoms with Gasteiger partial charge in [-0.2, -0.15) is 10.2 Å².